The molecule has 1 aromatic rings. The molecule has 0 unspecified atom stereocenters. The topological polar surface area (TPSA) is 37.8 Å². The molecular weight excluding hydrogens is 233 g/mol. The van der Waals surface area contributed by atoms with Crippen molar-refractivity contribution in [3.8, 4) is 0 Å². The maximum Gasteiger partial charge on any atom is 0.222 e. The van der Waals surface area contributed by atoms with Crippen molar-refractivity contribution in [1.29, 1.82) is 0 Å². The average Bonchev–Trinajstić information content (AvgIpc) is 2.99. The second-order valence-corrected chi connectivity index (χ2v) is 4.83. The fourth-order valence-corrected chi connectivity index (χ4v) is 2.06. The van der Waals surface area contributed by atoms with Crippen LogP contribution in [-0.4, -0.2) is 22.4 Å². The van der Waals surface area contributed by atoms with Crippen LogP contribution in [0.2, 0.25) is 5.02 Å². The molecule has 1 aliphatic carbocycles. The number of anilines is 1. The third-order valence-corrected chi connectivity index (χ3v) is 3.21. The zero-order valence-corrected chi connectivity index (χ0v) is 9.85. The molecule has 0 amide bonds. The first-order valence-corrected chi connectivity index (χ1v) is 5.93. The summed E-state index contributed by atoms with van der Waals surface area (Å²) in [5, 5.41) is 3.78. The van der Waals surface area contributed by atoms with E-state index in [4.69, 9.17) is 23.2 Å². The largest absolute Gasteiger partial charge is 0.354 e. The summed E-state index contributed by atoms with van der Waals surface area (Å²) in [5.74, 6) is 1.36. The van der Waals surface area contributed by atoms with Gasteiger partial charge in [-0.2, -0.15) is 0 Å². The zero-order chi connectivity index (χ0) is 10.7. The molecule has 0 spiro atoms. The minimum absolute atomic E-state index is 0.394. The number of hydrogen-bond donors (Lipinski definition) is 1. The van der Waals surface area contributed by atoms with Gasteiger partial charge in [-0.15, -0.1) is 11.6 Å². The van der Waals surface area contributed by atoms with E-state index < -0.39 is 0 Å². The number of rotatable bonds is 5. The SMILES string of the molecule is ClCCC1(CNc2ncc(Cl)cn2)CC1. The van der Waals surface area contributed by atoms with E-state index in [0.29, 0.717) is 16.4 Å². The summed E-state index contributed by atoms with van der Waals surface area (Å²) in [6.45, 7) is 0.904. The first-order valence-electron chi connectivity index (χ1n) is 5.01. The Labute approximate surface area is 99.2 Å². The van der Waals surface area contributed by atoms with Gasteiger partial charge in [-0.05, 0) is 24.7 Å². The van der Waals surface area contributed by atoms with Crippen LogP contribution in [0.1, 0.15) is 19.3 Å². The Kier molecular flexibility index (Phi) is 3.32. The van der Waals surface area contributed by atoms with Gasteiger partial charge in [0.2, 0.25) is 5.95 Å². The maximum absolute atomic E-state index is 5.75. The number of aromatic nitrogens is 2. The van der Waals surface area contributed by atoms with E-state index in [1.165, 1.54) is 12.8 Å². The Morgan fingerprint density at radius 1 is 1.33 bits per heavy atom. The van der Waals surface area contributed by atoms with Gasteiger partial charge in [-0.3, -0.25) is 0 Å². The monoisotopic (exact) mass is 245 g/mol. The summed E-state index contributed by atoms with van der Waals surface area (Å²) < 4.78 is 0. The van der Waals surface area contributed by atoms with Gasteiger partial charge in [0, 0.05) is 12.4 Å². The van der Waals surface area contributed by atoms with Crippen LogP contribution in [0.5, 0.6) is 0 Å². The van der Waals surface area contributed by atoms with Gasteiger partial charge < -0.3 is 5.32 Å². The average molecular weight is 246 g/mol. The molecule has 2 rings (SSSR count). The second kappa shape index (κ2) is 4.54. The Hall–Kier alpha value is -0.540. The lowest BCUT2D eigenvalue weighted by Crippen LogP contribution is -2.17. The first-order chi connectivity index (χ1) is 7.24. The first kappa shape index (κ1) is 11.0. The number of nitrogens with zero attached hydrogens (tertiary/aromatic N) is 2. The highest BCUT2D eigenvalue weighted by atomic mass is 35.5. The van der Waals surface area contributed by atoms with Gasteiger partial charge in [0.15, 0.2) is 0 Å². The minimum Gasteiger partial charge on any atom is -0.354 e. The number of hydrogen-bond acceptors (Lipinski definition) is 3. The van der Waals surface area contributed by atoms with Crippen molar-refractivity contribution < 1.29 is 0 Å². The van der Waals surface area contributed by atoms with Gasteiger partial charge in [0.1, 0.15) is 0 Å². The summed E-state index contributed by atoms with van der Waals surface area (Å²) in [6.07, 6.45) is 6.76. The standard InChI is InChI=1S/C10H13Cl2N3/c11-4-3-10(1-2-10)7-15-9-13-5-8(12)6-14-9/h5-6H,1-4,7H2,(H,13,14,15). The van der Waals surface area contributed by atoms with Crippen LogP contribution in [0.3, 0.4) is 0 Å². The lowest BCUT2D eigenvalue weighted by Gasteiger charge is -2.13. The van der Waals surface area contributed by atoms with Crippen molar-refractivity contribution in [2.24, 2.45) is 5.41 Å². The second-order valence-electron chi connectivity index (χ2n) is 4.02. The van der Waals surface area contributed by atoms with Crippen molar-refractivity contribution in [1.82, 2.24) is 9.97 Å². The van der Waals surface area contributed by atoms with Crippen LogP contribution in [0, 0.1) is 5.41 Å². The highest BCUT2D eigenvalue weighted by Crippen LogP contribution is 2.48. The number of alkyl halides is 1. The van der Waals surface area contributed by atoms with Crippen LogP contribution in [0.4, 0.5) is 5.95 Å². The van der Waals surface area contributed by atoms with Crippen LogP contribution >= 0.6 is 23.2 Å². The van der Waals surface area contributed by atoms with Crippen molar-refractivity contribution in [2.75, 3.05) is 17.7 Å². The molecule has 3 nitrogen and oxygen atoms in total. The van der Waals surface area contributed by atoms with E-state index in [1.807, 2.05) is 0 Å². The summed E-state index contributed by atoms with van der Waals surface area (Å²) in [4.78, 5) is 8.16. The molecule has 0 saturated heterocycles. The Bertz CT molecular complexity index is 322. The molecule has 5 heteroatoms. The molecule has 1 heterocycles. The van der Waals surface area contributed by atoms with Crippen LogP contribution in [0.15, 0.2) is 12.4 Å². The van der Waals surface area contributed by atoms with Gasteiger partial charge in [0.05, 0.1) is 17.4 Å². The van der Waals surface area contributed by atoms with Gasteiger partial charge in [-0.25, -0.2) is 9.97 Å². The van der Waals surface area contributed by atoms with Crippen molar-refractivity contribution in [3.63, 3.8) is 0 Å². The molecule has 0 atom stereocenters. The Morgan fingerprint density at radius 2 is 2.00 bits per heavy atom. The summed E-state index contributed by atoms with van der Waals surface area (Å²) in [5.41, 5.74) is 0.394. The molecule has 0 aliphatic heterocycles. The van der Waals surface area contributed by atoms with Crippen LogP contribution in [0.25, 0.3) is 0 Å². The van der Waals surface area contributed by atoms with Crippen LogP contribution < -0.4 is 5.32 Å². The zero-order valence-electron chi connectivity index (χ0n) is 8.34. The number of halogens is 2. The minimum atomic E-state index is 0.394. The predicted molar refractivity (Wildman–Crippen MR) is 62.5 cm³/mol. The number of nitrogens with one attached hydrogen (secondary N) is 1. The molecule has 1 aliphatic rings. The molecule has 0 radical (unpaired) electrons. The Morgan fingerprint density at radius 3 is 2.53 bits per heavy atom. The third kappa shape index (κ3) is 2.95. The van der Waals surface area contributed by atoms with Crippen molar-refractivity contribution in [3.05, 3.63) is 17.4 Å². The smallest absolute Gasteiger partial charge is 0.222 e. The van der Waals surface area contributed by atoms with Crippen LogP contribution in [-0.2, 0) is 0 Å². The maximum atomic E-state index is 5.75. The quantitative estimate of drug-likeness (QED) is 0.811. The highest BCUT2D eigenvalue weighted by molar-refractivity contribution is 6.30. The molecule has 1 N–H and O–H groups in total. The fraction of sp³-hybridized carbons (Fsp3) is 0.600. The van der Waals surface area contributed by atoms with Gasteiger partial charge in [-0.1, -0.05) is 11.6 Å². The molecule has 1 fully saturated rings. The van der Waals surface area contributed by atoms with E-state index in [0.717, 1.165) is 18.8 Å². The lowest BCUT2D eigenvalue weighted by molar-refractivity contribution is 0.523. The molecule has 0 bridgehead atoms. The molecule has 1 aromatic heterocycles. The third-order valence-electron chi connectivity index (χ3n) is 2.82. The Balaban J connectivity index is 1.85. The molecule has 1 saturated carbocycles. The molecule has 0 aromatic carbocycles. The van der Waals surface area contributed by atoms with E-state index in [-0.39, 0.29) is 0 Å². The van der Waals surface area contributed by atoms with Crippen molar-refractivity contribution in [2.45, 2.75) is 19.3 Å². The summed E-state index contributed by atoms with van der Waals surface area (Å²) >= 11 is 11.4. The van der Waals surface area contributed by atoms with Gasteiger partial charge >= 0.3 is 0 Å². The molecule has 15 heavy (non-hydrogen) atoms. The normalized spacial score (nSPS) is 17.5. The molecular formula is C10H13Cl2N3. The van der Waals surface area contributed by atoms with E-state index in [9.17, 15) is 0 Å². The van der Waals surface area contributed by atoms with E-state index in [2.05, 4.69) is 15.3 Å². The fourth-order valence-electron chi connectivity index (χ4n) is 1.56. The highest BCUT2D eigenvalue weighted by Gasteiger charge is 2.41. The van der Waals surface area contributed by atoms with Gasteiger partial charge in [0.25, 0.3) is 0 Å². The van der Waals surface area contributed by atoms with E-state index in [1.54, 1.807) is 12.4 Å². The predicted octanol–water partition coefficient (Wildman–Crippen LogP) is 2.95. The summed E-state index contributed by atoms with van der Waals surface area (Å²) in [7, 11) is 0. The molecule has 82 valence electrons. The lowest BCUT2D eigenvalue weighted by atomic mass is 10.0. The van der Waals surface area contributed by atoms with E-state index >= 15 is 0 Å². The summed E-state index contributed by atoms with van der Waals surface area (Å²) in [6, 6.07) is 0. The van der Waals surface area contributed by atoms with Crippen molar-refractivity contribution >= 4 is 29.2 Å².